The molecule has 0 bridgehead atoms. The minimum absolute atomic E-state index is 0.0558. The lowest BCUT2D eigenvalue weighted by Crippen LogP contribution is -2.19. The molecule has 0 saturated carbocycles. The highest BCUT2D eigenvalue weighted by Gasteiger charge is 2.20. The molecule has 0 radical (unpaired) electrons. The highest BCUT2D eigenvalue weighted by Crippen LogP contribution is 2.33. The van der Waals surface area contributed by atoms with Crippen LogP contribution in [-0.2, 0) is 10.0 Å². The third-order valence-electron chi connectivity index (χ3n) is 2.66. The molecule has 2 rings (SSSR count). The first-order chi connectivity index (χ1) is 9.85. The lowest BCUT2D eigenvalue weighted by molar-refractivity contribution is 0.431. The van der Waals surface area contributed by atoms with E-state index in [0.717, 1.165) is 0 Å². The van der Waals surface area contributed by atoms with Crippen LogP contribution in [0.2, 0.25) is 5.02 Å². The van der Waals surface area contributed by atoms with Crippen molar-refractivity contribution in [3.8, 4) is 11.5 Å². The van der Waals surface area contributed by atoms with Gasteiger partial charge in [0.15, 0.2) is 11.6 Å². The summed E-state index contributed by atoms with van der Waals surface area (Å²) in [7, 11) is -2.55. The smallest absolute Gasteiger partial charge is 0.244 e. The Hall–Kier alpha value is -1.83. The van der Waals surface area contributed by atoms with Crippen molar-refractivity contribution >= 4 is 27.3 Å². The van der Waals surface area contributed by atoms with Crippen LogP contribution in [0, 0.1) is 5.82 Å². The third-order valence-corrected chi connectivity index (χ3v) is 4.39. The predicted octanol–water partition coefficient (Wildman–Crippen LogP) is 2.76. The molecule has 0 atom stereocenters. The lowest BCUT2D eigenvalue weighted by Gasteiger charge is -2.12. The average Bonchev–Trinajstić information content (AvgIpc) is 2.45. The molecule has 8 heteroatoms. The van der Waals surface area contributed by atoms with E-state index in [2.05, 4.69) is 4.72 Å². The minimum Gasteiger partial charge on any atom is -0.453 e. The van der Waals surface area contributed by atoms with Gasteiger partial charge >= 0.3 is 0 Å². The van der Waals surface area contributed by atoms with Crippen LogP contribution in [0.5, 0.6) is 11.5 Å². The SMILES string of the molecule is CNS(=O)(=O)c1cc(N)ccc1Oc1cccc(Cl)c1F. The second-order valence-electron chi connectivity index (χ2n) is 4.07. The fourth-order valence-electron chi connectivity index (χ4n) is 1.61. The van der Waals surface area contributed by atoms with Crippen LogP contribution in [0.15, 0.2) is 41.3 Å². The molecule has 0 heterocycles. The van der Waals surface area contributed by atoms with Gasteiger partial charge in [-0.3, -0.25) is 0 Å². The number of hydrogen-bond donors (Lipinski definition) is 2. The molecular formula is C13H12ClFN2O3S. The van der Waals surface area contributed by atoms with E-state index in [1.54, 1.807) is 0 Å². The summed E-state index contributed by atoms with van der Waals surface area (Å²) in [4.78, 5) is -0.190. The number of halogens is 2. The number of sulfonamides is 1. The second-order valence-corrected chi connectivity index (χ2v) is 6.33. The van der Waals surface area contributed by atoms with Crippen LogP contribution in [-0.4, -0.2) is 15.5 Å². The summed E-state index contributed by atoms with van der Waals surface area (Å²) in [6, 6.07) is 8.21. The molecule has 0 spiro atoms. The third kappa shape index (κ3) is 3.26. The predicted molar refractivity (Wildman–Crippen MR) is 78.6 cm³/mol. The number of nitrogens with two attached hydrogens (primary N) is 1. The number of nitrogen functional groups attached to an aromatic ring is 1. The summed E-state index contributed by atoms with van der Waals surface area (Å²) >= 11 is 5.66. The molecule has 2 aromatic rings. The Morgan fingerprint density at radius 3 is 2.62 bits per heavy atom. The number of nitrogens with one attached hydrogen (secondary N) is 1. The van der Waals surface area contributed by atoms with Gasteiger partial charge in [0.1, 0.15) is 10.6 Å². The normalized spacial score (nSPS) is 11.4. The van der Waals surface area contributed by atoms with Crippen molar-refractivity contribution in [3.63, 3.8) is 0 Å². The summed E-state index contributed by atoms with van der Waals surface area (Å²) in [6.07, 6.45) is 0. The fourth-order valence-corrected chi connectivity index (χ4v) is 2.66. The molecule has 0 aliphatic heterocycles. The van der Waals surface area contributed by atoms with Gasteiger partial charge in [0.25, 0.3) is 0 Å². The Kier molecular flexibility index (Phi) is 4.36. The van der Waals surface area contributed by atoms with Crippen molar-refractivity contribution in [2.45, 2.75) is 4.90 Å². The van der Waals surface area contributed by atoms with E-state index in [4.69, 9.17) is 22.1 Å². The van der Waals surface area contributed by atoms with Gasteiger partial charge in [0, 0.05) is 5.69 Å². The quantitative estimate of drug-likeness (QED) is 0.845. The van der Waals surface area contributed by atoms with E-state index in [1.165, 1.54) is 43.4 Å². The molecule has 0 amide bonds. The number of anilines is 1. The van der Waals surface area contributed by atoms with Gasteiger partial charge in [-0.2, -0.15) is 0 Å². The number of hydrogen-bond acceptors (Lipinski definition) is 4. The standard InChI is InChI=1S/C13H12ClFN2O3S/c1-17-21(18,19)12-7-8(16)5-6-10(12)20-11-4-2-3-9(14)13(11)15/h2-7,17H,16H2,1H3. The molecule has 0 saturated heterocycles. The van der Waals surface area contributed by atoms with Crippen molar-refractivity contribution in [3.05, 3.63) is 47.2 Å². The summed E-state index contributed by atoms with van der Waals surface area (Å²) in [5.41, 5.74) is 5.82. The number of rotatable bonds is 4. The highest BCUT2D eigenvalue weighted by atomic mass is 35.5. The van der Waals surface area contributed by atoms with Crippen LogP contribution in [0.25, 0.3) is 0 Å². The lowest BCUT2D eigenvalue weighted by atomic mass is 10.3. The van der Waals surface area contributed by atoms with E-state index in [9.17, 15) is 12.8 Å². The van der Waals surface area contributed by atoms with Gasteiger partial charge in [0.05, 0.1) is 5.02 Å². The molecule has 0 aliphatic carbocycles. The Bertz CT molecular complexity index is 781. The fraction of sp³-hybridized carbons (Fsp3) is 0.0769. The van der Waals surface area contributed by atoms with E-state index in [0.29, 0.717) is 0 Å². The highest BCUT2D eigenvalue weighted by molar-refractivity contribution is 7.89. The average molecular weight is 331 g/mol. The topological polar surface area (TPSA) is 81.4 Å². The molecule has 0 aliphatic rings. The van der Waals surface area contributed by atoms with E-state index in [1.807, 2.05) is 0 Å². The molecule has 0 aromatic heterocycles. The first-order valence-electron chi connectivity index (χ1n) is 5.80. The van der Waals surface area contributed by atoms with Gasteiger partial charge in [-0.25, -0.2) is 17.5 Å². The Labute approximate surface area is 126 Å². The number of benzene rings is 2. The van der Waals surface area contributed by atoms with Gasteiger partial charge in [-0.1, -0.05) is 17.7 Å². The van der Waals surface area contributed by atoms with Crippen molar-refractivity contribution in [1.82, 2.24) is 4.72 Å². The van der Waals surface area contributed by atoms with E-state index in [-0.39, 0.29) is 27.1 Å². The molecule has 21 heavy (non-hydrogen) atoms. The van der Waals surface area contributed by atoms with Crippen LogP contribution in [0.3, 0.4) is 0 Å². The zero-order valence-electron chi connectivity index (χ0n) is 10.9. The Morgan fingerprint density at radius 2 is 1.95 bits per heavy atom. The monoisotopic (exact) mass is 330 g/mol. The maximum atomic E-state index is 13.8. The van der Waals surface area contributed by atoms with Crippen molar-refractivity contribution in [2.24, 2.45) is 0 Å². The van der Waals surface area contributed by atoms with Gasteiger partial charge in [0.2, 0.25) is 10.0 Å². The summed E-state index contributed by atoms with van der Waals surface area (Å²) in [5, 5.41) is -0.124. The molecule has 2 aromatic carbocycles. The first kappa shape index (κ1) is 15.6. The molecule has 0 fully saturated rings. The van der Waals surface area contributed by atoms with Gasteiger partial charge in [-0.15, -0.1) is 0 Å². The molecule has 0 unspecified atom stereocenters. The Balaban J connectivity index is 2.53. The van der Waals surface area contributed by atoms with Gasteiger partial charge in [-0.05, 0) is 37.4 Å². The first-order valence-corrected chi connectivity index (χ1v) is 7.66. The minimum atomic E-state index is -3.80. The Morgan fingerprint density at radius 1 is 1.24 bits per heavy atom. The van der Waals surface area contributed by atoms with Gasteiger partial charge < -0.3 is 10.5 Å². The maximum absolute atomic E-state index is 13.8. The van der Waals surface area contributed by atoms with Crippen molar-refractivity contribution in [2.75, 3.05) is 12.8 Å². The van der Waals surface area contributed by atoms with Crippen LogP contribution < -0.4 is 15.2 Å². The number of ether oxygens (including phenoxy) is 1. The van der Waals surface area contributed by atoms with E-state index < -0.39 is 15.8 Å². The summed E-state index contributed by atoms with van der Waals surface area (Å²) < 4.78 is 45.2. The summed E-state index contributed by atoms with van der Waals surface area (Å²) in [6.45, 7) is 0. The largest absolute Gasteiger partial charge is 0.453 e. The maximum Gasteiger partial charge on any atom is 0.244 e. The van der Waals surface area contributed by atoms with E-state index >= 15 is 0 Å². The zero-order valence-corrected chi connectivity index (χ0v) is 12.5. The van der Waals surface area contributed by atoms with Crippen LogP contribution in [0.1, 0.15) is 0 Å². The zero-order chi connectivity index (χ0) is 15.6. The van der Waals surface area contributed by atoms with Crippen LogP contribution >= 0.6 is 11.6 Å². The van der Waals surface area contributed by atoms with Crippen LogP contribution in [0.4, 0.5) is 10.1 Å². The molecule has 112 valence electrons. The van der Waals surface area contributed by atoms with Crippen molar-refractivity contribution < 1.29 is 17.5 Å². The second kappa shape index (κ2) is 5.88. The summed E-state index contributed by atoms with van der Waals surface area (Å²) in [5.74, 6) is -1.01. The molecule has 3 N–H and O–H groups in total. The molecule has 5 nitrogen and oxygen atoms in total. The molecular weight excluding hydrogens is 319 g/mol. The van der Waals surface area contributed by atoms with Crippen molar-refractivity contribution in [1.29, 1.82) is 0 Å².